The van der Waals surface area contributed by atoms with E-state index in [1.54, 1.807) is 85.8 Å². The zero-order valence-electron chi connectivity index (χ0n) is 51.1. The molecule has 9 rings (SSSR count). The monoisotopic (exact) mass is 1320 g/mol. The number of nitrogens with one attached hydrogen (secondary N) is 6. The summed E-state index contributed by atoms with van der Waals surface area (Å²) in [4.78, 5) is 77.0. The van der Waals surface area contributed by atoms with Gasteiger partial charge >= 0.3 is 11.7 Å². The molecule has 0 spiro atoms. The van der Waals surface area contributed by atoms with E-state index in [4.69, 9.17) is 37.6 Å². The molecule has 5 aromatic rings. The number of benzene rings is 4. The predicted molar refractivity (Wildman–Crippen MR) is 338 cm³/mol. The Morgan fingerprint density at radius 1 is 0.696 bits per heavy atom. The topological polar surface area (TPSA) is 371 Å². The number of aliphatic hydroxyl groups excluding tert-OH is 5. The van der Waals surface area contributed by atoms with Gasteiger partial charge in [-0.05, 0) is 68.5 Å². The minimum atomic E-state index is -3.98. The fourth-order valence-electron chi connectivity index (χ4n) is 11.6. The molecule has 4 fully saturated rings. The molecule has 0 aliphatic carbocycles. The molecule has 28 heteroatoms. The zero-order chi connectivity index (χ0) is 65.3. The minimum Gasteiger partial charge on any atom is -0.462 e. The summed E-state index contributed by atoms with van der Waals surface area (Å²) in [5, 5.41) is 74.7. The molecule has 0 bridgehead atoms. The molecule has 92 heavy (non-hydrogen) atoms. The zero-order valence-corrected chi connectivity index (χ0v) is 52.8. The Labute approximate surface area is 535 Å². The Balaban J connectivity index is 0.755. The molecule has 5 heterocycles. The first kappa shape index (κ1) is 69.5. The van der Waals surface area contributed by atoms with Crippen LogP contribution in [0, 0.1) is 6.92 Å². The summed E-state index contributed by atoms with van der Waals surface area (Å²) < 4.78 is 62.6. The maximum Gasteiger partial charge on any atom is 0.336 e. The number of aliphatic hydroxyl groups is 5. The number of fused-ring (bicyclic) bond motifs is 2. The van der Waals surface area contributed by atoms with Gasteiger partial charge in [0.2, 0.25) is 18.1 Å². The van der Waals surface area contributed by atoms with Gasteiger partial charge in [-0.25, -0.2) is 9.59 Å². The number of carbonyl (C=O) groups excluding carboxylic acids is 5. The van der Waals surface area contributed by atoms with E-state index in [-0.39, 0.29) is 58.3 Å². The highest BCUT2D eigenvalue weighted by Crippen LogP contribution is 2.44. The summed E-state index contributed by atoms with van der Waals surface area (Å²) in [6.07, 6.45) is -11.2. The van der Waals surface area contributed by atoms with E-state index in [1.165, 1.54) is 31.2 Å². The molecular formula is C64H81N6O20PS. The van der Waals surface area contributed by atoms with E-state index in [0.717, 1.165) is 25.0 Å². The Morgan fingerprint density at radius 3 is 2.03 bits per heavy atom. The van der Waals surface area contributed by atoms with Crippen LogP contribution >= 0.6 is 18.9 Å². The fourth-order valence-corrected chi connectivity index (χ4v) is 16.0. The van der Waals surface area contributed by atoms with Crippen LogP contribution in [0.1, 0.15) is 71.7 Å². The Hall–Kier alpha value is -6.82. The molecule has 13 atom stereocenters. The maximum atomic E-state index is 15.9. The van der Waals surface area contributed by atoms with Crippen LogP contribution in [-0.4, -0.2) is 206 Å². The van der Waals surface area contributed by atoms with E-state index in [0.29, 0.717) is 92.3 Å². The van der Waals surface area contributed by atoms with E-state index in [2.05, 4.69) is 31.9 Å². The van der Waals surface area contributed by atoms with Gasteiger partial charge < -0.3 is 99.6 Å². The summed E-state index contributed by atoms with van der Waals surface area (Å²) >= 11 is 1.87. The van der Waals surface area contributed by atoms with Crippen molar-refractivity contribution in [2.45, 2.75) is 131 Å². The summed E-state index contributed by atoms with van der Waals surface area (Å²) in [6, 6.07) is 25.9. The van der Waals surface area contributed by atoms with Gasteiger partial charge in [-0.3, -0.25) is 19.2 Å². The number of rotatable bonds is 32. The summed E-state index contributed by atoms with van der Waals surface area (Å²) in [5.41, 5.74) is 0.0718. The molecule has 4 aliphatic heterocycles. The van der Waals surface area contributed by atoms with Crippen molar-refractivity contribution in [1.82, 2.24) is 31.9 Å². The molecule has 0 unspecified atom stereocenters. The predicted octanol–water partition coefficient (Wildman–Crippen LogP) is 0.727. The number of carbonyl (C=O) groups is 5. The molecule has 4 saturated heterocycles. The fraction of sp³-hybridized carbons (Fsp3) is 0.500. The van der Waals surface area contributed by atoms with Gasteiger partial charge in [0.15, 0.2) is 13.4 Å². The normalized spacial score (nSPS) is 25.3. The smallest absolute Gasteiger partial charge is 0.336 e. The Kier molecular flexibility index (Phi) is 25.2. The molecule has 498 valence electrons. The van der Waals surface area contributed by atoms with E-state index >= 15 is 4.57 Å². The molecule has 6 amide bonds. The van der Waals surface area contributed by atoms with Crippen LogP contribution in [0.4, 0.5) is 4.79 Å². The third-order valence-corrected chi connectivity index (χ3v) is 20.9. The summed E-state index contributed by atoms with van der Waals surface area (Å²) in [5.74, 6) is -0.877. The highest BCUT2D eigenvalue weighted by molar-refractivity contribution is 8.00. The van der Waals surface area contributed by atoms with Crippen molar-refractivity contribution >= 4 is 75.4 Å². The maximum absolute atomic E-state index is 15.9. The van der Waals surface area contributed by atoms with Gasteiger partial charge in [0.05, 0.1) is 56.1 Å². The molecule has 0 radical (unpaired) electrons. The van der Waals surface area contributed by atoms with Gasteiger partial charge in [-0.2, -0.15) is 11.8 Å². The van der Waals surface area contributed by atoms with E-state index in [1.807, 2.05) is 11.8 Å². The average Bonchev–Trinajstić information content (AvgIpc) is 0.986. The molecule has 4 aromatic carbocycles. The van der Waals surface area contributed by atoms with Gasteiger partial charge in [0.25, 0.3) is 11.8 Å². The lowest BCUT2D eigenvalue weighted by atomic mass is 9.95. The second-order valence-corrected chi connectivity index (χ2v) is 26.8. The lowest BCUT2D eigenvalue weighted by molar-refractivity contribution is -0.340. The van der Waals surface area contributed by atoms with Crippen molar-refractivity contribution in [3.05, 3.63) is 130 Å². The molecular weight excluding hydrogens is 1240 g/mol. The van der Waals surface area contributed by atoms with Crippen LogP contribution < -0.4 is 58.2 Å². The van der Waals surface area contributed by atoms with Gasteiger partial charge in [0, 0.05) is 84.7 Å². The number of hydrogen-bond acceptors (Lipinski definition) is 21. The Bertz CT molecular complexity index is 3370. The van der Waals surface area contributed by atoms with Crippen LogP contribution in [0.15, 0.2) is 112 Å². The second-order valence-electron chi connectivity index (χ2n) is 22.8. The number of ether oxygens (including phenoxy) is 7. The number of unbranched alkanes of at least 4 members (excludes halogenated alkanes) is 1. The third kappa shape index (κ3) is 17.5. The van der Waals surface area contributed by atoms with Crippen molar-refractivity contribution in [3.8, 4) is 5.75 Å². The van der Waals surface area contributed by atoms with Gasteiger partial charge in [0.1, 0.15) is 60.1 Å². The lowest BCUT2D eigenvalue weighted by Gasteiger charge is -2.47. The van der Waals surface area contributed by atoms with E-state index in [9.17, 15) is 54.3 Å². The first-order valence-corrected chi connectivity index (χ1v) is 33.6. The molecule has 1 aromatic heterocycles. The molecule has 11 N–H and O–H groups in total. The van der Waals surface area contributed by atoms with Crippen molar-refractivity contribution in [2.75, 3.05) is 71.6 Å². The minimum absolute atomic E-state index is 0.00896. The highest BCUT2D eigenvalue weighted by Gasteiger charge is 2.52. The second kappa shape index (κ2) is 33.3. The number of aryl methyl sites for hydroxylation is 1. The van der Waals surface area contributed by atoms with Crippen molar-refractivity contribution in [1.29, 1.82) is 0 Å². The first-order chi connectivity index (χ1) is 44.4. The standard InChI is InChI=1S/C64H81N6O20PS/c1-37-32-51(74)86-44-18-11-19-45(52(37)44)87-62-54(68-38(2)72)56(76)59(47(35-71)89-62)90-63-58(78)57(77)55(75)46(88-63)34-67-61(80)42-23-22-39(33-48(42)91(82,40-14-5-3-6-15-40)41-16-7-4-8-17-41)60(79)66-25-13-27-84-29-31-85-30-28-83-26-12-24-65-50(73)21-10-9-20-49-53-43(36-92-49)69-64(81)70-53/h3-8,11,14-19,22-23,32-33,43,46-47,49,53-59,62-63,71,75-78H,9-10,12-13,20-21,24-31,34-36H2,1-2H3,(H,65,73)(H,66,79)(H,67,80)(H,68,72)(H2,69,70,81)/t43-,46+,47+,49-,53-,54+,55-,56+,57-,58+,59+,62+,63-/m0/s1. The quantitative estimate of drug-likeness (QED) is 0.0122. The van der Waals surface area contributed by atoms with E-state index < -0.39 is 105 Å². The SMILES string of the molecule is CC(=O)N[C@H]1[C@H](Oc2cccc3oc(=O)cc(C)c23)O[C@H](CO)[C@@H](O[C@@H]2O[C@H](CNC(=O)c3ccc(C(=O)NCCCOCCOCCOCCCNC(=O)CCCC[C@@H]4SC[C@@H]5NC(=O)N[C@@H]54)cc3P(=O)(c3ccccc3)c3ccccc3)[C@H](O)[C@H](O)[C@H]2O)[C@@H]1O. The van der Waals surface area contributed by atoms with Crippen molar-refractivity contribution in [3.63, 3.8) is 0 Å². The van der Waals surface area contributed by atoms with Gasteiger partial charge in [-0.15, -0.1) is 0 Å². The first-order valence-electron chi connectivity index (χ1n) is 30.8. The van der Waals surface area contributed by atoms with Crippen molar-refractivity contribution < 1.29 is 91.6 Å². The number of urea groups is 1. The van der Waals surface area contributed by atoms with Crippen LogP contribution in [-0.2, 0) is 42.6 Å². The largest absolute Gasteiger partial charge is 0.462 e. The van der Waals surface area contributed by atoms with Crippen LogP contribution in [0.25, 0.3) is 11.0 Å². The summed E-state index contributed by atoms with van der Waals surface area (Å²) in [6.45, 7) is 4.36. The van der Waals surface area contributed by atoms with Crippen LogP contribution in [0.2, 0.25) is 0 Å². The average molecular weight is 1320 g/mol. The number of thioether (sulfide) groups is 1. The van der Waals surface area contributed by atoms with Crippen LogP contribution in [0.5, 0.6) is 5.75 Å². The molecule has 0 saturated carbocycles. The van der Waals surface area contributed by atoms with Crippen molar-refractivity contribution in [2.24, 2.45) is 0 Å². The lowest BCUT2D eigenvalue weighted by Crippen LogP contribution is -2.68. The van der Waals surface area contributed by atoms with Crippen LogP contribution in [0.3, 0.4) is 0 Å². The molecule has 26 nitrogen and oxygen atoms in total. The number of amides is 6. The summed E-state index contributed by atoms with van der Waals surface area (Å²) in [7, 11) is -3.98. The Morgan fingerprint density at radius 2 is 1.36 bits per heavy atom. The third-order valence-electron chi connectivity index (χ3n) is 16.3. The van der Waals surface area contributed by atoms with Gasteiger partial charge in [-0.1, -0.05) is 73.2 Å². The highest BCUT2D eigenvalue weighted by atomic mass is 32.2. The molecule has 4 aliphatic rings. The number of hydrogen-bond donors (Lipinski definition) is 11.